The Morgan fingerprint density at radius 2 is 1.65 bits per heavy atom. The molecule has 2 fully saturated rings. The Labute approximate surface area is 233 Å². The third kappa shape index (κ3) is 5.59. The van der Waals surface area contributed by atoms with Gasteiger partial charge in [-0.2, -0.15) is 0 Å². The third-order valence-electron chi connectivity index (χ3n) is 7.36. The molecule has 3 aromatic rings. The van der Waals surface area contributed by atoms with Crippen molar-refractivity contribution < 1.29 is 36.3 Å². The molecule has 2 bridgehead atoms. The lowest BCUT2D eigenvalue weighted by atomic mass is 9.78. The van der Waals surface area contributed by atoms with Gasteiger partial charge in [-0.05, 0) is 67.9 Å². The fourth-order valence-electron chi connectivity index (χ4n) is 5.69. The van der Waals surface area contributed by atoms with Crippen LogP contribution in [0.2, 0.25) is 5.02 Å². The lowest BCUT2D eigenvalue weighted by Crippen LogP contribution is -2.47. The lowest BCUT2D eigenvalue weighted by molar-refractivity contribution is 0.0458. The molecular formula is C28H24ClF3N2O5S. The number of aliphatic hydroxyl groups is 1. The number of nitrogens with one attached hydrogen (secondary N) is 1. The molecule has 5 rings (SSSR count). The topological polar surface area (TPSA) is 105 Å². The highest BCUT2D eigenvalue weighted by molar-refractivity contribution is 7.92. The molecule has 0 aromatic heterocycles. The number of carbonyl (C=O) groups excluding carboxylic acids is 1. The predicted molar refractivity (Wildman–Crippen MR) is 143 cm³/mol. The number of hydrogen-bond donors (Lipinski definition) is 2. The Bertz CT molecular complexity index is 1550. The molecule has 40 heavy (non-hydrogen) atoms. The Kier molecular flexibility index (Phi) is 7.64. The molecule has 7 nitrogen and oxygen atoms in total. The summed E-state index contributed by atoms with van der Waals surface area (Å²) in [4.78, 5) is 17.8. The molecule has 12 heteroatoms. The van der Waals surface area contributed by atoms with Crippen molar-refractivity contribution in [3.8, 4) is 5.75 Å². The van der Waals surface area contributed by atoms with Gasteiger partial charge in [-0.25, -0.2) is 21.6 Å². The first-order chi connectivity index (χ1) is 19.0. The molecule has 0 heterocycles. The van der Waals surface area contributed by atoms with Gasteiger partial charge in [0.15, 0.2) is 33.0 Å². The highest BCUT2D eigenvalue weighted by atomic mass is 35.5. The number of para-hydroxylation sites is 1. The number of sulfone groups is 1. The molecule has 0 saturated heterocycles. The summed E-state index contributed by atoms with van der Waals surface area (Å²) in [5.41, 5.74) is -1.82. The number of oxime groups is 1. The zero-order chi connectivity index (χ0) is 28.7. The van der Waals surface area contributed by atoms with E-state index in [0.29, 0.717) is 30.7 Å². The van der Waals surface area contributed by atoms with Gasteiger partial charge in [0.25, 0.3) is 5.91 Å². The van der Waals surface area contributed by atoms with Crippen molar-refractivity contribution in [3.63, 3.8) is 0 Å². The lowest BCUT2D eigenvalue weighted by Gasteiger charge is -2.38. The van der Waals surface area contributed by atoms with Crippen molar-refractivity contribution in [2.45, 2.75) is 41.4 Å². The van der Waals surface area contributed by atoms with E-state index in [9.17, 15) is 31.5 Å². The van der Waals surface area contributed by atoms with Crippen LogP contribution in [0.4, 0.5) is 18.9 Å². The maximum atomic E-state index is 13.8. The second-order valence-electron chi connectivity index (χ2n) is 10.1. The molecule has 2 aliphatic rings. The predicted octanol–water partition coefficient (Wildman–Crippen LogP) is 5.77. The van der Waals surface area contributed by atoms with E-state index in [0.717, 1.165) is 6.07 Å². The minimum atomic E-state index is -4.06. The van der Waals surface area contributed by atoms with Gasteiger partial charge < -0.3 is 15.3 Å². The summed E-state index contributed by atoms with van der Waals surface area (Å²) in [6.07, 6.45) is 2.75. The summed E-state index contributed by atoms with van der Waals surface area (Å²) in [6, 6.07) is 13.7. The molecule has 0 aliphatic heterocycles. The van der Waals surface area contributed by atoms with Crippen LogP contribution >= 0.6 is 11.6 Å². The zero-order valence-corrected chi connectivity index (χ0v) is 22.4. The number of fused-ring (bicyclic) bond motifs is 2. The van der Waals surface area contributed by atoms with Gasteiger partial charge in [0, 0.05) is 23.4 Å². The van der Waals surface area contributed by atoms with Crippen LogP contribution in [0.15, 0.2) is 70.7 Å². The smallest absolute Gasteiger partial charge is 0.255 e. The molecule has 1 amide bonds. The van der Waals surface area contributed by atoms with E-state index in [1.54, 1.807) is 24.3 Å². The van der Waals surface area contributed by atoms with Gasteiger partial charge in [-0.1, -0.05) is 35.0 Å². The van der Waals surface area contributed by atoms with Gasteiger partial charge in [-0.15, -0.1) is 0 Å². The van der Waals surface area contributed by atoms with Gasteiger partial charge in [0.1, 0.15) is 5.60 Å². The number of benzene rings is 3. The van der Waals surface area contributed by atoms with Crippen LogP contribution in [-0.4, -0.2) is 36.5 Å². The van der Waals surface area contributed by atoms with Crippen LogP contribution in [0, 0.1) is 29.3 Å². The quantitative estimate of drug-likeness (QED) is 0.206. The number of anilines is 1. The Hall–Kier alpha value is -3.41. The molecule has 0 spiro atoms. The summed E-state index contributed by atoms with van der Waals surface area (Å²) in [5.74, 6) is -5.81. The van der Waals surface area contributed by atoms with Crippen molar-refractivity contribution in [2.24, 2.45) is 17.0 Å². The van der Waals surface area contributed by atoms with Crippen molar-refractivity contribution in [1.82, 2.24) is 0 Å². The largest absolute Gasteiger partial charge is 0.384 e. The van der Waals surface area contributed by atoms with E-state index in [2.05, 4.69) is 10.5 Å². The fraction of sp³-hybridized carbons (Fsp3) is 0.286. The van der Waals surface area contributed by atoms with E-state index >= 15 is 0 Å². The second-order valence-corrected chi connectivity index (χ2v) is 12.6. The number of amides is 1. The van der Waals surface area contributed by atoms with Crippen molar-refractivity contribution in [3.05, 3.63) is 88.7 Å². The number of carbonyl (C=O) groups is 1. The molecule has 2 aliphatic carbocycles. The van der Waals surface area contributed by atoms with E-state index < -0.39 is 55.9 Å². The van der Waals surface area contributed by atoms with Gasteiger partial charge in [0.2, 0.25) is 0 Å². The Morgan fingerprint density at radius 1 is 1.02 bits per heavy atom. The first-order valence-corrected chi connectivity index (χ1v) is 14.4. The van der Waals surface area contributed by atoms with Crippen LogP contribution in [0.3, 0.4) is 0 Å². The minimum absolute atomic E-state index is 0.0894. The van der Waals surface area contributed by atoms with Gasteiger partial charge in [-0.3, -0.25) is 4.79 Å². The van der Waals surface area contributed by atoms with Crippen LogP contribution in [0.5, 0.6) is 5.75 Å². The van der Waals surface area contributed by atoms with Crippen molar-refractivity contribution >= 4 is 39.2 Å². The Morgan fingerprint density at radius 3 is 2.27 bits per heavy atom. The van der Waals surface area contributed by atoms with E-state index in [1.165, 1.54) is 18.3 Å². The Balaban J connectivity index is 1.35. The molecule has 2 unspecified atom stereocenters. The molecule has 3 aromatic carbocycles. The highest BCUT2D eigenvalue weighted by Crippen LogP contribution is 2.51. The maximum absolute atomic E-state index is 13.8. The first-order valence-electron chi connectivity index (χ1n) is 12.5. The molecule has 2 N–H and O–H groups in total. The highest BCUT2D eigenvalue weighted by Gasteiger charge is 2.54. The number of nitrogens with zero attached hydrogens (tertiary/aromatic N) is 1. The number of halogens is 4. The third-order valence-corrected chi connectivity index (χ3v) is 10.2. The zero-order valence-electron chi connectivity index (χ0n) is 20.9. The average molecular weight is 593 g/mol. The summed E-state index contributed by atoms with van der Waals surface area (Å²) in [5, 5.41) is 16.4. The monoisotopic (exact) mass is 592 g/mol. The summed E-state index contributed by atoms with van der Waals surface area (Å²) in [7, 11) is -4.06. The van der Waals surface area contributed by atoms with Crippen molar-refractivity contribution in [1.29, 1.82) is 0 Å². The second kappa shape index (κ2) is 10.9. The molecule has 210 valence electrons. The molecule has 0 radical (unpaired) electrons. The summed E-state index contributed by atoms with van der Waals surface area (Å²) in [6.45, 7) is 0. The van der Waals surface area contributed by atoms with Gasteiger partial charge >= 0.3 is 0 Å². The van der Waals surface area contributed by atoms with E-state index in [1.807, 2.05) is 6.07 Å². The van der Waals surface area contributed by atoms with Crippen LogP contribution in [0.25, 0.3) is 0 Å². The SMILES string of the molecule is O=C(Nc1cc(F)c(F)c(F)c1)c1ccc(Cl)c(S(=O)(=O)[C@H]2C3CCC2C[C@](O)(/C=N/Oc2ccccc2)C3)c1. The van der Waals surface area contributed by atoms with Crippen LogP contribution < -0.4 is 10.2 Å². The fourth-order valence-corrected chi connectivity index (χ4v) is 8.53. The molecule has 2 saturated carbocycles. The summed E-state index contributed by atoms with van der Waals surface area (Å²) >= 11 is 6.28. The van der Waals surface area contributed by atoms with E-state index in [-0.39, 0.29) is 34.0 Å². The minimum Gasteiger partial charge on any atom is -0.384 e. The van der Waals surface area contributed by atoms with Crippen LogP contribution in [0.1, 0.15) is 36.0 Å². The first kappa shape index (κ1) is 28.1. The molecule has 2 atom stereocenters. The molecular weight excluding hydrogens is 569 g/mol. The standard InChI is InChI=1S/C28H24ClF3N2O5S/c29-21-9-8-16(27(35)34-19-11-22(30)25(32)23(31)12-19)10-24(21)40(37,38)26-17-6-7-18(26)14-28(36,13-17)15-33-39-20-4-2-1-3-5-20/h1-5,8-12,15,17-18,26,36H,6-7,13-14H2,(H,34,35)/b33-15+/t17?,18?,26-,28-. The van der Waals surface area contributed by atoms with E-state index in [4.69, 9.17) is 16.4 Å². The number of rotatable bonds is 7. The number of hydrogen-bond acceptors (Lipinski definition) is 6. The normalized spacial score (nSPS) is 24.3. The summed E-state index contributed by atoms with van der Waals surface area (Å²) < 4.78 is 68.0. The maximum Gasteiger partial charge on any atom is 0.255 e. The average Bonchev–Trinajstić information content (AvgIpc) is 3.21. The van der Waals surface area contributed by atoms with Gasteiger partial charge in [0.05, 0.1) is 21.4 Å². The van der Waals surface area contributed by atoms with Crippen molar-refractivity contribution in [2.75, 3.05) is 5.32 Å². The van der Waals surface area contributed by atoms with Crippen LogP contribution in [-0.2, 0) is 9.84 Å².